The lowest BCUT2D eigenvalue weighted by Crippen LogP contribution is -3.20. The number of pyridine rings is 1. The Bertz CT molecular complexity index is 693. The molecule has 1 aromatic carbocycles. The topological polar surface area (TPSA) is 37.6 Å². The Balaban J connectivity index is 1.67. The van der Waals surface area contributed by atoms with Crippen LogP contribution < -0.4 is 4.90 Å². The van der Waals surface area contributed by atoms with Crippen LogP contribution in [0.15, 0.2) is 49.2 Å². The Morgan fingerprint density at radius 3 is 2.95 bits per heavy atom. The van der Waals surface area contributed by atoms with E-state index >= 15 is 0 Å². The van der Waals surface area contributed by atoms with Gasteiger partial charge in [0.2, 0.25) is 0 Å². The van der Waals surface area contributed by atoms with Crippen molar-refractivity contribution >= 4 is 10.9 Å². The van der Waals surface area contributed by atoms with Gasteiger partial charge in [0.05, 0.1) is 18.6 Å². The van der Waals surface area contributed by atoms with E-state index < -0.39 is 6.10 Å². The summed E-state index contributed by atoms with van der Waals surface area (Å²) in [7, 11) is 0. The zero-order valence-electron chi connectivity index (χ0n) is 12.8. The average Bonchev–Trinajstić information content (AvgIpc) is 2.60. The number of rotatable bonds is 3. The Morgan fingerprint density at radius 2 is 2.18 bits per heavy atom. The van der Waals surface area contributed by atoms with Crippen molar-refractivity contribution in [2.45, 2.75) is 25.0 Å². The molecule has 114 valence electrons. The molecule has 3 saturated heterocycles. The number of fused-ring (bicyclic) bond motifs is 4. The number of benzene rings is 1. The number of aromatic nitrogens is 1. The smallest absolute Gasteiger partial charge is 0.131 e. The van der Waals surface area contributed by atoms with Crippen LogP contribution in [0.25, 0.3) is 10.9 Å². The maximum absolute atomic E-state index is 11.0. The second-order valence-corrected chi connectivity index (χ2v) is 6.77. The number of piperidine rings is 3. The SMILES string of the molecule is C=C[C@H]1C[NH+]2CC[C@@H]1C[C@@H]2[C@H](O)c1ccnc2ccccc12. The Morgan fingerprint density at radius 1 is 1.32 bits per heavy atom. The molecule has 5 atom stereocenters. The van der Waals surface area contributed by atoms with Gasteiger partial charge in [-0.2, -0.15) is 0 Å². The number of aliphatic hydroxyl groups is 1. The summed E-state index contributed by atoms with van der Waals surface area (Å²) in [5, 5.41) is 12.1. The fourth-order valence-corrected chi connectivity index (χ4v) is 4.50. The lowest BCUT2D eigenvalue weighted by Gasteiger charge is -2.47. The second kappa shape index (κ2) is 5.49. The summed E-state index contributed by atoms with van der Waals surface area (Å²) in [5.74, 6) is 1.32. The highest BCUT2D eigenvalue weighted by atomic mass is 16.3. The third kappa shape index (κ3) is 2.16. The molecule has 3 nitrogen and oxygen atoms in total. The summed E-state index contributed by atoms with van der Waals surface area (Å²) in [4.78, 5) is 5.95. The third-order valence-corrected chi connectivity index (χ3v) is 5.71. The molecule has 3 heteroatoms. The van der Waals surface area contributed by atoms with Gasteiger partial charge in [-0.3, -0.25) is 4.98 Å². The summed E-state index contributed by atoms with van der Waals surface area (Å²) in [6.07, 6.45) is 5.90. The van der Waals surface area contributed by atoms with E-state index in [1.807, 2.05) is 30.5 Å². The first-order valence-corrected chi connectivity index (χ1v) is 8.27. The number of hydrogen-bond acceptors (Lipinski definition) is 2. The van der Waals surface area contributed by atoms with Crippen LogP contribution in [-0.2, 0) is 0 Å². The molecule has 3 aliphatic heterocycles. The van der Waals surface area contributed by atoms with Crippen molar-refractivity contribution in [2.75, 3.05) is 13.1 Å². The molecule has 2 N–H and O–H groups in total. The standard InChI is InChI=1S/C19H22N2O/c1-2-13-12-21-10-8-14(13)11-18(21)19(22)16-7-9-20-17-6-4-3-5-15(16)17/h2-7,9,13-14,18-19,22H,1,8,10-12H2/p+1/t13-,14+,18+,19+/m0/s1. The fraction of sp³-hybridized carbons (Fsp3) is 0.421. The summed E-state index contributed by atoms with van der Waals surface area (Å²) in [6, 6.07) is 10.4. The molecule has 4 heterocycles. The van der Waals surface area contributed by atoms with E-state index in [2.05, 4.69) is 23.7 Å². The van der Waals surface area contributed by atoms with Crippen molar-refractivity contribution in [1.29, 1.82) is 0 Å². The van der Waals surface area contributed by atoms with Crippen LogP contribution in [0.3, 0.4) is 0 Å². The van der Waals surface area contributed by atoms with Gasteiger partial charge < -0.3 is 10.0 Å². The quantitative estimate of drug-likeness (QED) is 0.847. The Kier molecular flexibility index (Phi) is 3.47. The highest BCUT2D eigenvalue weighted by Gasteiger charge is 2.45. The largest absolute Gasteiger partial charge is 0.382 e. The normalized spacial score (nSPS) is 32.0. The van der Waals surface area contributed by atoms with E-state index in [0.717, 1.165) is 29.4 Å². The molecule has 2 aromatic rings. The van der Waals surface area contributed by atoms with Gasteiger partial charge in [0, 0.05) is 30.3 Å². The van der Waals surface area contributed by atoms with Crippen molar-refractivity contribution < 1.29 is 10.0 Å². The average molecular weight is 295 g/mol. The molecule has 2 bridgehead atoms. The van der Waals surface area contributed by atoms with Crippen molar-refractivity contribution in [3.05, 3.63) is 54.7 Å². The molecule has 0 spiro atoms. The molecule has 0 radical (unpaired) electrons. The Labute approximate surface area is 131 Å². The van der Waals surface area contributed by atoms with E-state index in [0.29, 0.717) is 17.9 Å². The van der Waals surface area contributed by atoms with Crippen molar-refractivity contribution in [2.24, 2.45) is 11.8 Å². The van der Waals surface area contributed by atoms with Gasteiger partial charge in [-0.15, -0.1) is 6.58 Å². The van der Waals surface area contributed by atoms with E-state index in [1.165, 1.54) is 13.0 Å². The predicted octanol–water partition coefficient (Wildman–Crippen LogP) is 1.75. The van der Waals surface area contributed by atoms with E-state index in [9.17, 15) is 5.11 Å². The number of hydrogen-bond donors (Lipinski definition) is 2. The molecule has 1 unspecified atom stereocenters. The minimum atomic E-state index is -0.406. The van der Waals surface area contributed by atoms with Gasteiger partial charge in [0.1, 0.15) is 12.1 Å². The molecule has 22 heavy (non-hydrogen) atoms. The molecule has 3 aliphatic rings. The van der Waals surface area contributed by atoms with Gasteiger partial charge in [0.25, 0.3) is 0 Å². The molecule has 3 fully saturated rings. The van der Waals surface area contributed by atoms with Crippen LogP contribution in [0.2, 0.25) is 0 Å². The minimum absolute atomic E-state index is 0.306. The molecular weight excluding hydrogens is 272 g/mol. The number of aliphatic hydroxyl groups excluding tert-OH is 1. The van der Waals surface area contributed by atoms with E-state index in [1.54, 1.807) is 4.90 Å². The minimum Gasteiger partial charge on any atom is -0.382 e. The summed E-state index contributed by atoms with van der Waals surface area (Å²) < 4.78 is 0. The lowest BCUT2D eigenvalue weighted by atomic mass is 9.73. The highest BCUT2D eigenvalue weighted by Crippen LogP contribution is 2.33. The molecule has 0 aliphatic carbocycles. The molecule has 0 amide bonds. The summed E-state index contributed by atoms with van der Waals surface area (Å²) >= 11 is 0. The zero-order valence-corrected chi connectivity index (χ0v) is 12.8. The van der Waals surface area contributed by atoms with Crippen LogP contribution in [0.5, 0.6) is 0 Å². The maximum Gasteiger partial charge on any atom is 0.131 e. The van der Waals surface area contributed by atoms with Gasteiger partial charge >= 0.3 is 0 Å². The first kappa shape index (κ1) is 13.9. The van der Waals surface area contributed by atoms with E-state index in [-0.39, 0.29) is 0 Å². The van der Waals surface area contributed by atoms with Crippen LogP contribution in [0, 0.1) is 11.8 Å². The lowest BCUT2D eigenvalue weighted by molar-refractivity contribution is -0.949. The van der Waals surface area contributed by atoms with E-state index in [4.69, 9.17) is 0 Å². The number of nitrogens with zero attached hydrogens (tertiary/aromatic N) is 1. The second-order valence-electron chi connectivity index (χ2n) is 6.77. The van der Waals surface area contributed by atoms with Gasteiger partial charge in [-0.05, 0) is 23.6 Å². The number of quaternary nitrogens is 1. The van der Waals surface area contributed by atoms with Crippen LogP contribution in [0.4, 0.5) is 0 Å². The first-order valence-electron chi connectivity index (χ1n) is 8.27. The molecule has 0 saturated carbocycles. The van der Waals surface area contributed by atoms with Crippen molar-refractivity contribution in [3.8, 4) is 0 Å². The highest BCUT2D eigenvalue weighted by molar-refractivity contribution is 5.82. The van der Waals surface area contributed by atoms with Gasteiger partial charge in [-0.1, -0.05) is 24.3 Å². The molecule has 1 aromatic heterocycles. The van der Waals surface area contributed by atoms with Crippen LogP contribution >= 0.6 is 0 Å². The first-order chi connectivity index (χ1) is 10.8. The zero-order chi connectivity index (χ0) is 15.1. The fourth-order valence-electron chi connectivity index (χ4n) is 4.50. The van der Waals surface area contributed by atoms with Crippen molar-refractivity contribution in [3.63, 3.8) is 0 Å². The predicted molar refractivity (Wildman–Crippen MR) is 87.6 cm³/mol. The summed E-state index contributed by atoms with van der Waals surface area (Å²) in [6.45, 7) is 6.29. The van der Waals surface area contributed by atoms with Gasteiger partial charge in [-0.25, -0.2) is 0 Å². The number of nitrogens with one attached hydrogen (secondary N) is 1. The van der Waals surface area contributed by atoms with Crippen molar-refractivity contribution in [1.82, 2.24) is 4.98 Å². The van der Waals surface area contributed by atoms with Gasteiger partial charge in [0.15, 0.2) is 0 Å². The molecule has 5 rings (SSSR count). The maximum atomic E-state index is 11.0. The Hall–Kier alpha value is -1.71. The molecular formula is C19H23N2O+. The number of para-hydroxylation sites is 1. The van der Waals surface area contributed by atoms with Crippen LogP contribution in [0.1, 0.15) is 24.5 Å². The van der Waals surface area contributed by atoms with Crippen LogP contribution in [-0.4, -0.2) is 29.2 Å². The third-order valence-electron chi connectivity index (χ3n) is 5.71. The monoisotopic (exact) mass is 295 g/mol. The summed E-state index contributed by atoms with van der Waals surface area (Å²) in [5.41, 5.74) is 2.00.